The minimum atomic E-state index is -0.383. The van der Waals surface area contributed by atoms with Crippen LogP contribution < -0.4 is 11.1 Å². The fourth-order valence-electron chi connectivity index (χ4n) is 1.87. The summed E-state index contributed by atoms with van der Waals surface area (Å²) >= 11 is 0. The van der Waals surface area contributed by atoms with Gasteiger partial charge in [0.05, 0.1) is 5.60 Å². The molecule has 0 aliphatic carbocycles. The van der Waals surface area contributed by atoms with Gasteiger partial charge in [-0.05, 0) is 20.3 Å². The van der Waals surface area contributed by atoms with Crippen LogP contribution in [0, 0.1) is 0 Å². The van der Waals surface area contributed by atoms with Gasteiger partial charge in [0, 0.05) is 38.1 Å². The van der Waals surface area contributed by atoms with Crippen LogP contribution in [0.1, 0.15) is 40.0 Å². The van der Waals surface area contributed by atoms with Crippen molar-refractivity contribution in [1.29, 1.82) is 0 Å². The maximum atomic E-state index is 11.8. The Morgan fingerprint density at radius 3 is 2.56 bits per heavy atom. The summed E-state index contributed by atoms with van der Waals surface area (Å²) in [7, 11) is 0. The molecule has 1 fully saturated rings. The topological polar surface area (TPSA) is 73.6 Å². The molecule has 106 valence electrons. The van der Waals surface area contributed by atoms with Gasteiger partial charge in [0.15, 0.2) is 0 Å². The van der Waals surface area contributed by atoms with Gasteiger partial charge in [-0.25, -0.2) is 0 Å². The number of hydrogen-bond donors (Lipinski definition) is 2. The fraction of sp³-hybridized carbons (Fsp3) is 0.923. The second-order valence-corrected chi connectivity index (χ2v) is 5.57. The highest BCUT2D eigenvalue weighted by atomic mass is 16.5. The summed E-state index contributed by atoms with van der Waals surface area (Å²) < 4.78 is 11.1. The largest absolute Gasteiger partial charge is 0.381 e. The molecule has 1 aliphatic rings. The molecule has 1 saturated heterocycles. The SMILES string of the molecule is CCC(C)(C)NC(=O)COC1(CN)CCOCC1. The number of nitrogens with two attached hydrogens (primary N) is 1. The third-order valence-electron chi connectivity index (χ3n) is 3.65. The van der Waals surface area contributed by atoms with E-state index in [9.17, 15) is 4.79 Å². The lowest BCUT2D eigenvalue weighted by Crippen LogP contribution is -2.49. The van der Waals surface area contributed by atoms with E-state index in [2.05, 4.69) is 5.32 Å². The van der Waals surface area contributed by atoms with Gasteiger partial charge in [0.1, 0.15) is 6.61 Å². The van der Waals surface area contributed by atoms with Gasteiger partial charge >= 0.3 is 0 Å². The molecule has 0 spiro atoms. The van der Waals surface area contributed by atoms with Crippen LogP contribution in [0.4, 0.5) is 0 Å². The van der Waals surface area contributed by atoms with Crippen molar-refractivity contribution in [3.8, 4) is 0 Å². The highest BCUT2D eigenvalue weighted by molar-refractivity contribution is 5.78. The van der Waals surface area contributed by atoms with Crippen LogP contribution in [0.15, 0.2) is 0 Å². The third-order valence-corrected chi connectivity index (χ3v) is 3.65. The highest BCUT2D eigenvalue weighted by Crippen LogP contribution is 2.23. The van der Waals surface area contributed by atoms with E-state index in [1.165, 1.54) is 0 Å². The van der Waals surface area contributed by atoms with Crippen LogP contribution in [-0.2, 0) is 14.3 Å². The highest BCUT2D eigenvalue weighted by Gasteiger charge is 2.33. The average Bonchev–Trinajstić information content (AvgIpc) is 2.37. The lowest BCUT2D eigenvalue weighted by Gasteiger charge is -2.36. The first-order chi connectivity index (χ1) is 8.43. The number of ether oxygens (including phenoxy) is 2. The Kier molecular flexibility index (Phi) is 5.56. The molecule has 3 N–H and O–H groups in total. The molecule has 18 heavy (non-hydrogen) atoms. The second-order valence-electron chi connectivity index (χ2n) is 5.57. The molecule has 0 atom stereocenters. The molecule has 0 aromatic rings. The van der Waals surface area contributed by atoms with Crippen molar-refractivity contribution in [3.63, 3.8) is 0 Å². The van der Waals surface area contributed by atoms with E-state index in [0.29, 0.717) is 19.8 Å². The van der Waals surface area contributed by atoms with Crippen LogP contribution >= 0.6 is 0 Å². The molecule has 0 aromatic heterocycles. The van der Waals surface area contributed by atoms with E-state index >= 15 is 0 Å². The second kappa shape index (κ2) is 6.50. The first kappa shape index (κ1) is 15.4. The van der Waals surface area contributed by atoms with Crippen LogP contribution in [0.25, 0.3) is 0 Å². The molecule has 0 saturated carbocycles. The van der Waals surface area contributed by atoms with Crippen LogP contribution in [0.5, 0.6) is 0 Å². The summed E-state index contributed by atoms with van der Waals surface area (Å²) in [6.45, 7) is 7.84. The molecule has 0 radical (unpaired) electrons. The Labute approximate surface area is 109 Å². The van der Waals surface area contributed by atoms with E-state index < -0.39 is 0 Å². The Bertz CT molecular complexity index is 273. The third kappa shape index (κ3) is 4.55. The van der Waals surface area contributed by atoms with Gasteiger partial charge in [0.25, 0.3) is 0 Å². The van der Waals surface area contributed by atoms with Gasteiger partial charge < -0.3 is 20.5 Å². The summed E-state index contributed by atoms with van der Waals surface area (Å²) in [5, 5.41) is 2.95. The predicted molar refractivity (Wildman–Crippen MR) is 70.3 cm³/mol. The molecule has 5 nitrogen and oxygen atoms in total. The smallest absolute Gasteiger partial charge is 0.246 e. The van der Waals surface area contributed by atoms with E-state index in [1.54, 1.807) is 0 Å². The van der Waals surface area contributed by atoms with Crippen molar-refractivity contribution in [2.75, 3.05) is 26.4 Å². The number of carbonyl (C=O) groups is 1. The maximum absolute atomic E-state index is 11.8. The van der Waals surface area contributed by atoms with E-state index in [1.807, 2.05) is 20.8 Å². The zero-order valence-corrected chi connectivity index (χ0v) is 11.8. The van der Waals surface area contributed by atoms with E-state index in [0.717, 1.165) is 19.3 Å². The zero-order valence-electron chi connectivity index (χ0n) is 11.8. The molecule has 1 aliphatic heterocycles. The van der Waals surface area contributed by atoms with E-state index in [4.69, 9.17) is 15.2 Å². The number of hydrogen-bond acceptors (Lipinski definition) is 4. The Hall–Kier alpha value is -0.650. The molecule has 0 aromatic carbocycles. The van der Waals surface area contributed by atoms with Crippen molar-refractivity contribution >= 4 is 5.91 Å². The molecule has 1 heterocycles. The van der Waals surface area contributed by atoms with Crippen molar-refractivity contribution < 1.29 is 14.3 Å². The average molecular weight is 258 g/mol. The minimum absolute atomic E-state index is 0.0701. The first-order valence-corrected chi connectivity index (χ1v) is 6.66. The summed E-state index contributed by atoms with van der Waals surface area (Å²) in [4.78, 5) is 11.8. The number of amides is 1. The summed E-state index contributed by atoms with van der Waals surface area (Å²) in [5.41, 5.74) is 5.19. The number of nitrogens with one attached hydrogen (secondary N) is 1. The number of rotatable bonds is 6. The Morgan fingerprint density at radius 1 is 1.44 bits per heavy atom. The van der Waals surface area contributed by atoms with Gasteiger partial charge in [0.2, 0.25) is 5.91 Å². The van der Waals surface area contributed by atoms with Gasteiger partial charge in [-0.1, -0.05) is 6.92 Å². The van der Waals surface area contributed by atoms with Gasteiger partial charge in [-0.15, -0.1) is 0 Å². The lowest BCUT2D eigenvalue weighted by molar-refractivity contribution is -0.143. The first-order valence-electron chi connectivity index (χ1n) is 6.66. The molecule has 0 unspecified atom stereocenters. The number of carbonyl (C=O) groups excluding carboxylic acids is 1. The predicted octanol–water partition coefficient (Wildman–Crippen LogP) is 0.816. The Morgan fingerprint density at radius 2 is 2.06 bits per heavy atom. The quantitative estimate of drug-likeness (QED) is 0.739. The normalized spacial score (nSPS) is 19.6. The molecular weight excluding hydrogens is 232 g/mol. The van der Waals surface area contributed by atoms with Gasteiger partial charge in [-0.2, -0.15) is 0 Å². The van der Waals surface area contributed by atoms with Gasteiger partial charge in [-0.3, -0.25) is 4.79 Å². The van der Waals surface area contributed by atoms with Crippen molar-refractivity contribution in [2.45, 2.75) is 51.2 Å². The van der Waals surface area contributed by atoms with Crippen LogP contribution in [-0.4, -0.2) is 43.4 Å². The van der Waals surface area contributed by atoms with Crippen molar-refractivity contribution in [3.05, 3.63) is 0 Å². The molecular formula is C13H26N2O3. The fourth-order valence-corrected chi connectivity index (χ4v) is 1.87. The molecule has 1 rings (SSSR count). The zero-order chi connectivity index (χ0) is 13.6. The van der Waals surface area contributed by atoms with Crippen LogP contribution in [0.2, 0.25) is 0 Å². The molecule has 5 heteroatoms. The lowest BCUT2D eigenvalue weighted by atomic mass is 9.94. The van der Waals surface area contributed by atoms with Crippen molar-refractivity contribution in [1.82, 2.24) is 5.32 Å². The maximum Gasteiger partial charge on any atom is 0.246 e. The summed E-state index contributed by atoms with van der Waals surface area (Å²) in [6.07, 6.45) is 2.40. The van der Waals surface area contributed by atoms with E-state index in [-0.39, 0.29) is 23.7 Å². The van der Waals surface area contributed by atoms with Crippen molar-refractivity contribution in [2.24, 2.45) is 5.73 Å². The summed E-state index contributed by atoms with van der Waals surface area (Å²) in [6, 6.07) is 0. The molecule has 0 bridgehead atoms. The Balaban J connectivity index is 2.40. The molecule has 1 amide bonds. The standard InChI is InChI=1S/C13H26N2O3/c1-4-12(2,3)15-11(16)9-18-13(10-14)5-7-17-8-6-13/h4-10,14H2,1-3H3,(H,15,16). The minimum Gasteiger partial charge on any atom is -0.381 e. The monoisotopic (exact) mass is 258 g/mol. The van der Waals surface area contributed by atoms with Crippen LogP contribution in [0.3, 0.4) is 0 Å². The summed E-state index contributed by atoms with van der Waals surface area (Å²) in [5.74, 6) is -0.0823.